The van der Waals surface area contributed by atoms with E-state index in [2.05, 4.69) is 14.8 Å². The molecule has 11 heteroatoms. The molecule has 150 valence electrons. The van der Waals surface area contributed by atoms with Crippen molar-refractivity contribution in [3.05, 3.63) is 28.4 Å². The number of hydrogen-bond donors (Lipinski definition) is 1. The summed E-state index contributed by atoms with van der Waals surface area (Å²) in [6.45, 7) is -0.882. The van der Waals surface area contributed by atoms with Crippen LogP contribution in [0.4, 0.5) is 4.79 Å². The molecule has 10 nitrogen and oxygen atoms in total. The average Bonchev–Trinajstić information content (AvgIpc) is 2.93. The van der Waals surface area contributed by atoms with Crippen molar-refractivity contribution in [3.63, 3.8) is 0 Å². The van der Waals surface area contributed by atoms with Gasteiger partial charge in [-0.15, -0.1) is 0 Å². The van der Waals surface area contributed by atoms with E-state index < -0.39 is 30.4 Å². The normalized spacial score (nSPS) is 14.7. The van der Waals surface area contributed by atoms with Crippen LogP contribution in [0.5, 0.6) is 11.5 Å². The van der Waals surface area contributed by atoms with Crippen LogP contribution in [-0.2, 0) is 23.9 Å². The molecule has 1 fully saturated rings. The molecule has 0 bridgehead atoms. The first-order valence-corrected chi connectivity index (χ1v) is 8.17. The molecule has 2 rings (SSSR count). The predicted molar refractivity (Wildman–Crippen MR) is 95.8 cm³/mol. The maximum atomic E-state index is 12.3. The van der Waals surface area contributed by atoms with E-state index in [1.807, 2.05) is 0 Å². The lowest BCUT2D eigenvalue weighted by molar-refractivity contribution is -0.143. The quantitative estimate of drug-likeness (QED) is 0.399. The molecule has 0 radical (unpaired) electrons. The van der Waals surface area contributed by atoms with Crippen LogP contribution in [0.2, 0.25) is 5.02 Å². The third-order valence-electron chi connectivity index (χ3n) is 3.60. The molecule has 1 aromatic rings. The Hall–Kier alpha value is -3.27. The van der Waals surface area contributed by atoms with Gasteiger partial charge in [-0.1, -0.05) is 11.6 Å². The van der Waals surface area contributed by atoms with Crippen LogP contribution in [0.15, 0.2) is 17.8 Å². The van der Waals surface area contributed by atoms with E-state index in [-0.39, 0.29) is 28.8 Å². The van der Waals surface area contributed by atoms with E-state index in [1.165, 1.54) is 32.4 Å². The molecule has 1 aliphatic heterocycles. The molecule has 1 N–H and O–H groups in total. The van der Waals surface area contributed by atoms with Crippen molar-refractivity contribution in [1.82, 2.24) is 10.2 Å². The van der Waals surface area contributed by atoms with Crippen molar-refractivity contribution in [3.8, 4) is 11.5 Å². The molecule has 0 saturated carbocycles. The number of nitrogens with one attached hydrogen (secondary N) is 1. The Kier molecular flexibility index (Phi) is 6.83. The second kappa shape index (κ2) is 9.09. The molecule has 1 aromatic carbocycles. The zero-order valence-electron chi connectivity index (χ0n) is 15.2. The van der Waals surface area contributed by atoms with Crippen molar-refractivity contribution in [2.75, 3.05) is 34.5 Å². The number of esters is 2. The number of benzene rings is 1. The zero-order valence-corrected chi connectivity index (χ0v) is 16.0. The van der Waals surface area contributed by atoms with Gasteiger partial charge >= 0.3 is 18.0 Å². The Morgan fingerprint density at radius 2 is 1.82 bits per heavy atom. The Balaban J connectivity index is 2.27. The van der Waals surface area contributed by atoms with E-state index in [4.69, 9.17) is 21.1 Å². The number of urea groups is 1. The second-order valence-corrected chi connectivity index (χ2v) is 5.76. The maximum absolute atomic E-state index is 12.3. The molecule has 1 aliphatic rings. The summed E-state index contributed by atoms with van der Waals surface area (Å²) in [5.41, 5.74) is 0.353. The first-order valence-electron chi connectivity index (χ1n) is 7.79. The fourth-order valence-corrected chi connectivity index (χ4v) is 2.50. The molecule has 0 aromatic heterocycles. The third-order valence-corrected chi connectivity index (χ3v) is 3.88. The molecule has 0 aliphatic carbocycles. The standard InChI is InChI=1S/C17H17ClN2O8/c1-25-12-6-9(4-10(18)15(12)28-8-14(22)27-3)5-11-16(23)20(17(24)19-11)7-13(21)26-2/h4-6H,7-8H2,1-3H3,(H,19,24)/b11-5+. The number of ether oxygens (including phenoxy) is 4. The summed E-state index contributed by atoms with van der Waals surface area (Å²) in [7, 11) is 3.74. The summed E-state index contributed by atoms with van der Waals surface area (Å²) in [5, 5.41) is 2.47. The highest BCUT2D eigenvalue weighted by molar-refractivity contribution is 6.32. The molecule has 0 spiro atoms. The molecule has 28 heavy (non-hydrogen) atoms. The summed E-state index contributed by atoms with van der Waals surface area (Å²) in [6.07, 6.45) is 1.36. The van der Waals surface area contributed by atoms with Crippen LogP contribution in [0.3, 0.4) is 0 Å². The molecule has 1 heterocycles. The SMILES string of the molecule is COC(=O)COc1c(Cl)cc(/C=C2/NC(=O)N(CC(=O)OC)C2=O)cc1OC. The van der Waals surface area contributed by atoms with Crippen LogP contribution in [0.1, 0.15) is 5.56 Å². The Morgan fingerprint density at radius 3 is 2.43 bits per heavy atom. The van der Waals surface area contributed by atoms with Gasteiger partial charge in [0.2, 0.25) is 0 Å². The van der Waals surface area contributed by atoms with E-state index in [0.717, 1.165) is 7.11 Å². The number of halogens is 1. The van der Waals surface area contributed by atoms with Gasteiger partial charge in [-0.3, -0.25) is 9.59 Å². The van der Waals surface area contributed by atoms with Gasteiger partial charge < -0.3 is 24.3 Å². The molecule has 0 atom stereocenters. The Bertz CT molecular complexity index is 852. The van der Waals surface area contributed by atoms with Crippen molar-refractivity contribution in [2.45, 2.75) is 0 Å². The highest BCUT2D eigenvalue weighted by atomic mass is 35.5. The zero-order chi connectivity index (χ0) is 20.8. The number of carbonyl (C=O) groups excluding carboxylic acids is 4. The molecule has 0 unspecified atom stereocenters. The van der Waals surface area contributed by atoms with E-state index in [1.54, 1.807) is 0 Å². The van der Waals surface area contributed by atoms with Crippen molar-refractivity contribution in [1.29, 1.82) is 0 Å². The predicted octanol–water partition coefficient (Wildman–Crippen LogP) is 0.966. The minimum atomic E-state index is -0.752. The van der Waals surface area contributed by atoms with Gasteiger partial charge in [-0.25, -0.2) is 14.5 Å². The summed E-state index contributed by atoms with van der Waals surface area (Å²) in [6, 6.07) is 2.19. The summed E-state index contributed by atoms with van der Waals surface area (Å²) in [5.74, 6) is -1.72. The topological polar surface area (TPSA) is 120 Å². The highest BCUT2D eigenvalue weighted by Gasteiger charge is 2.35. The first kappa shape index (κ1) is 21.0. The number of hydrogen-bond acceptors (Lipinski definition) is 8. The number of imide groups is 1. The Morgan fingerprint density at radius 1 is 1.14 bits per heavy atom. The number of carbonyl (C=O) groups is 4. The minimum Gasteiger partial charge on any atom is -0.493 e. The largest absolute Gasteiger partial charge is 0.493 e. The van der Waals surface area contributed by atoms with Crippen LogP contribution in [0.25, 0.3) is 6.08 Å². The van der Waals surface area contributed by atoms with Crippen LogP contribution < -0.4 is 14.8 Å². The third kappa shape index (κ3) is 4.71. The average molecular weight is 413 g/mol. The van der Waals surface area contributed by atoms with Gasteiger partial charge in [-0.2, -0.15) is 0 Å². The van der Waals surface area contributed by atoms with E-state index in [0.29, 0.717) is 10.5 Å². The Labute approximate surface area is 164 Å². The van der Waals surface area contributed by atoms with Gasteiger partial charge in [0, 0.05) is 0 Å². The van der Waals surface area contributed by atoms with E-state index in [9.17, 15) is 19.2 Å². The number of nitrogens with zero attached hydrogens (tertiary/aromatic N) is 1. The van der Waals surface area contributed by atoms with Gasteiger partial charge in [0.05, 0.1) is 26.4 Å². The van der Waals surface area contributed by atoms with Crippen molar-refractivity contribution < 1.29 is 38.1 Å². The van der Waals surface area contributed by atoms with Crippen LogP contribution in [-0.4, -0.2) is 63.3 Å². The van der Waals surface area contributed by atoms with Gasteiger partial charge in [-0.05, 0) is 23.8 Å². The fraction of sp³-hybridized carbons (Fsp3) is 0.294. The highest BCUT2D eigenvalue weighted by Crippen LogP contribution is 2.37. The number of methoxy groups -OCH3 is 3. The molecular weight excluding hydrogens is 396 g/mol. The summed E-state index contributed by atoms with van der Waals surface area (Å²) >= 11 is 6.18. The monoisotopic (exact) mass is 412 g/mol. The van der Waals surface area contributed by atoms with Crippen molar-refractivity contribution >= 4 is 41.6 Å². The lowest BCUT2D eigenvalue weighted by Gasteiger charge is -2.12. The molecular formula is C17H17ClN2O8. The van der Waals surface area contributed by atoms with Crippen molar-refractivity contribution in [2.24, 2.45) is 0 Å². The van der Waals surface area contributed by atoms with Gasteiger partial charge in [0.1, 0.15) is 12.2 Å². The minimum absolute atomic E-state index is 0.0600. The summed E-state index contributed by atoms with van der Waals surface area (Å²) < 4.78 is 19.4. The van der Waals surface area contributed by atoms with Gasteiger partial charge in [0.25, 0.3) is 5.91 Å². The van der Waals surface area contributed by atoms with Crippen LogP contribution in [0, 0.1) is 0 Å². The second-order valence-electron chi connectivity index (χ2n) is 5.35. The number of rotatable bonds is 7. The summed E-state index contributed by atoms with van der Waals surface area (Å²) in [4.78, 5) is 47.5. The smallest absolute Gasteiger partial charge is 0.343 e. The van der Waals surface area contributed by atoms with Crippen LogP contribution >= 0.6 is 11.6 Å². The van der Waals surface area contributed by atoms with Gasteiger partial charge in [0.15, 0.2) is 18.1 Å². The first-order chi connectivity index (χ1) is 13.3. The lowest BCUT2D eigenvalue weighted by atomic mass is 10.1. The lowest BCUT2D eigenvalue weighted by Crippen LogP contribution is -2.36. The number of amides is 3. The molecule has 3 amide bonds. The molecule has 1 saturated heterocycles. The fourth-order valence-electron chi connectivity index (χ4n) is 2.23. The van der Waals surface area contributed by atoms with E-state index >= 15 is 0 Å². The maximum Gasteiger partial charge on any atom is 0.343 e.